The van der Waals surface area contributed by atoms with Crippen molar-refractivity contribution < 1.29 is 0 Å². The number of imidazole rings is 1. The Hall–Kier alpha value is -3.69. The fourth-order valence-electron chi connectivity index (χ4n) is 6.48. The Kier molecular flexibility index (Phi) is 6.88. The van der Waals surface area contributed by atoms with Crippen molar-refractivity contribution in [3.63, 3.8) is 0 Å². The van der Waals surface area contributed by atoms with Gasteiger partial charge in [-0.1, -0.05) is 81.8 Å². The van der Waals surface area contributed by atoms with Gasteiger partial charge in [0.05, 0.1) is 17.6 Å². The molecule has 0 atom stereocenters. The van der Waals surface area contributed by atoms with Gasteiger partial charge in [-0.2, -0.15) is 0 Å². The van der Waals surface area contributed by atoms with Crippen molar-refractivity contribution in [2.75, 3.05) is 0 Å². The quantitative estimate of drug-likeness (QED) is 0.205. The molecule has 6 aromatic rings. The van der Waals surface area contributed by atoms with Crippen molar-refractivity contribution in [2.24, 2.45) is 0 Å². The third-order valence-corrected chi connectivity index (χ3v) is 9.21. The molecular weight excluding hydrogens is 504 g/mol. The van der Waals surface area contributed by atoms with E-state index in [1.807, 2.05) is 11.3 Å². The minimum absolute atomic E-state index is 0.456. The largest absolute Gasteiger partial charge is 0.319 e. The summed E-state index contributed by atoms with van der Waals surface area (Å²) in [5.74, 6) is 1.96. The molecule has 40 heavy (non-hydrogen) atoms. The van der Waals surface area contributed by atoms with Crippen molar-refractivity contribution in [2.45, 2.75) is 66.8 Å². The summed E-state index contributed by atoms with van der Waals surface area (Å²) >= 11 is 1.81. The van der Waals surface area contributed by atoms with Crippen LogP contribution in [0.1, 0.15) is 72.9 Å². The lowest BCUT2D eigenvalue weighted by atomic mass is 9.88. The summed E-state index contributed by atoms with van der Waals surface area (Å²) in [6, 6.07) is 27.0. The molecule has 0 spiro atoms. The van der Waals surface area contributed by atoms with Crippen molar-refractivity contribution in [1.29, 1.82) is 0 Å². The van der Waals surface area contributed by atoms with Gasteiger partial charge in [-0.25, -0.2) is 4.98 Å². The molecule has 2 nitrogen and oxygen atoms in total. The van der Waals surface area contributed by atoms with Gasteiger partial charge in [0.15, 0.2) is 0 Å². The number of thiophene rings is 1. The molecule has 0 saturated carbocycles. The molecule has 0 amide bonds. The standard InChI is InChI=1S/C37H38N2S/c1-22(2)28-11-10-12-29(23(3)4)31(28)20-39-34-14-9-8-13-33(34)38-37(39)32-21-40-35-16-15-27(19-30(32)35)36-25(6)17-24(5)18-26(36)7/h8-19,21-23H,20H2,1-7H3. The smallest absolute Gasteiger partial charge is 0.142 e. The monoisotopic (exact) mass is 542 g/mol. The van der Waals surface area contributed by atoms with Gasteiger partial charge in [-0.3, -0.25) is 0 Å². The molecule has 6 rings (SSSR count). The zero-order valence-corrected chi connectivity index (χ0v) is 25.5. The third kappa shape index (κ3) is 4.57. The van der Waals surface area contributed by atoms with E-state index in [2.05, 4.69) is 131 Å². The highest BCUT2D eigenvalue weighted by molar-refractivity contribution is 7.17. The first-order valence-corrected chi connectivity index (χ1v) is 15.3. The van der Waals surface area contributed by atoms with Crippen LogP contribution >= 0.6 is 11.3 Å². The highest BCUT2D eigenvalue weighted by Crippen LogP contribution is 2.40. The second-order valence-electron chi connectivity index (χ2n) is 11.9. The number of fused-ring (bicyclic) bond motifs is 2. The fourth-order valence-corrected chi connectivity index (χ4v) is 7.40. The molecular formula is C37H38N2S. The van der Waals surface area contributed by atoms with Gasteiger partial charge in [-0.05, 0) is 95.8 Å². The van der Waals surface area contributed by atoms with Crippen LogP contribution in [0.3, 0.4) is 0 Å². The van der Waals surface area contributed by atoms with E-state index in [9.17, 15) is 0 Å². The first-order valence-electron chi connectivity index (χ1n) is 14.4. The van der Waals surface area contributed by atoms with Crippen LogP contribution in [0.25, 0.3) is 43.6 Å². The predicted molar refractivity (Wildman–Crippen MR) is 174 cm³/mol. The van der Waals surface area contributed by atoms with Crippen LogP contribution in [-0.4, -0.2) is 9.55 Å². The van der Waals surface area contributed by atoms with E-state index in [4.69, 9.17) is 4.98 Å². The Balaban J connectivity index is 1.57. The lowest BCUT2D eigenvalue weighted by molar-refractivity contribution is 0.750. The molecule has 0 aliphatic rings. The molecule has 0 saturated heterocycles. The first kappa shape index (κ1) is 26.5. The van der Waals surface area contributed by atoms with E-state index in [1.165, 1.54) is 65.7 Å². The first-order chi connectivity index (χ1) is 19.2. The molecule has 0 bridgehead atoms. The molecule has 0 N–H and O–H groups in total. The van der Waals surface area contributed by atoms with Gasteiger partial charge < -0.3 is 4.57 Å². The number of rotatable bonds is 6. The van der Waals surface area contributed by atoms with Crippen LogP contribution in [0.5, 0.6) is 0 Å². The molecule has 4 aromatic carbocycles. The van der Waals surface area contributed by atoms with Crippen molar-refractivity contribution in [1.82, 2.24) is 9.55 Å². The number of para-hydroxylation sites is 2. The summed E-state index contributed by atoms with van der Waals surface area (Å²) < 4.78 is 3.75. The maximum atomic E-state index is 5.27. The van der Waals surface area contributed by atoms with Gasteiger partial charge in [-0.15, -0.1) is 11.3 Å². The predicted octanol–water partition coefficient (Wildman–Crippen LogP) is 10.8. The summed E-state index contributed by atoms with van der Waals surface area (Å²) in [6.45, 7) is 16.7. The van der Waals surface area contributed by atoms with Gasteiger partial charge in [0.2, 0.25) is 0 Å². The molecule has 0 aliphatic heterocycles. The maximum Gasteiger partial charge on any atom is 0.142 e. The van der Waals surface area contributed by atoms with Gasteiger partial charge >= 0.3 is 0 Å². The highest BCUT2D eigenvalue weighted by atomic mass is 32.1. The summed E-state index contributed by atoms with van der Waals surface area (Å²) in [7, 11) is 0. The zero-order chi connectivity index (χ0) is 28.1. The van der Waals surface area contributed by atoms with Gasteiger partial charge in [0.25, 0.3) is 0 Å². The molecule has 202 valence electrons. The normalized spacial score (nSPS) is 11.9. The summed E-state index contributed by atoms with van der Waals surface area (Å²) in [4.78, 5) is 5.27. The number of aryl methyl sites for hydroxylation is 3. The minimum atomic E-state index is 0.456. The fraction of sp³-hybridized carbons (Fsp3) is 0.270. The third-order valence-electron chi connectivity index (χ3n) is 8.24. The average Bonchev–Trinajstić information content (AvgIpc) is 3.49. The van der Waals surface area contributed by atoms with Gasteiger partial charge in [0, 0.05) is 21.0 Å². The highest BCUT2D eigenvalue weighted by Gasteiger charge is 2.21. The Morgan fingerprint density at radius 1 is 0.775 bits per heavy atom. The molecule has 0 unspecified atom stereocenters. The Morgan fingerprint density at radius 3 is 2.12 bits per heavy atom. The van der Waals surface area contributed by atoms with E-state index in [-0.39, 0.29) is 0 Å². The van der Waals surface area contributed by atoms with Crippen molar-refractivity contribution in [3.05, 3.63) is 112 Å². The van der Waals surface area contributed by atoms with Crippen molar-refractivity contribution in [3.8, 4) is 22.5 Å². The van der Waals surface area contributed by atoms with Gasteiger partial charge in [0.1, 0.15) is 5.82 Å². The molecule has 2 aromatic heterocycles. The molecule has 3 heteroatoms. The van der Waals surface area contributed by atoms with Crippen LogP contribution in [0.2, 0.25) is 0 Å². The zero-order valence-electron chi connectivity index (χ0n) is 24.7. The average molecular weight is 543 g/mol. The number of nitrogens with zero attached hydrogens (tertiary/aromatic N) is 2. The Bertz CT molecular complexity index is 1820. The van der Waals surface area contributed by atoms with Crippen LogP contribution in [0.4, 0.5) is 0 Å². The molecule has 0 radical (unpaired) electrons. The van der Waals surface area contributed by atoms with Crippen LogP contribution < -0.4 is 0 Å². The maximum absolute atomic E-state index is 5.27. The van der Waals surface area contributed by atoms with Crippen LogP contribution in [0.15, 0.2) is 78.2 Å². The second kappa shape index (κ2) is 10.4. The topological polar surface area (TPSA) is 17.8 Å². The second-order valence-corrected chi connectivity index (χ2v) is 12.8. The summed E-state index contributed by atoms with van der Waals surface area (Å²) in [5, 5.41) is 3.58. The van der Waals surface area contributed by atoms with E-state index in [1.54, 1.807) is 0 Å². The van der Waals surface area contributed by atoms with Crippen molar-refractivity contribution >= 4 is 32.5 Å². The van der Waals surface area contributed by atoms with Crippen LogP contribution in [-0.2, 0) is 6.54 Å². The summed E-state index contributed by atoms with van der Waals surface area (Å²) in [5.41, 5.74) is 14.3. The molecule has 0 aliphatic carbocycles. The lowest BCUT2D eigenvalue weighted by Crippen LogP contribution is -2.10. The van der Waals surface area contributed by atoms with E-state index >= 15 is 0 Å². The van der Waals surface area contributed by atoms with E-state index < -0.39 is 0 Å². The minimum Gasteiger partial charge on any atom is -0.319 e. The SMILES string of the molecule is Cc1cc(C)c(-c2ccc3scc(-c4nc5ccccc5n4Cc4c(C(C)C)cccc4C(C)C)c3c2)c(C)c1. The Labute approximate surface area is 242 Å². The van der Waals surface area contributed by atoms with E-state index in [0.717, 1.165) is 17.9 Å². The van der Waals surface area contributed by atoms with Crippen LogP contribution in [0, 0.1) is 20.8 Å². The Morgan fingerprint density at radius 2 is 1.45 bits per heavy atom. The molecule has 2 heterocycles. The number of hydrogen-bond acceptors (Lipinski definition) is 2. The molecule has 0 fully saturated rings. The lowest BCUT2D eigenvalue weighted by Gasteiger charge is -2.21. The number of aromatic nitrogens is 2. The van der Waals surface area contributed by atoms with E-state index in [0.29, 0.717) is 11.8 Å². The summed E-state index contributed by atoms with van der Waals surface area (Å²) in [6.07, 6.45) is 0. The number of hydrogen-bond donors (Lipinski definition) is 0. The number of benzene rings is 4.